The second-order valence-electron chi connectivity index (χ2n) is 9.57. The molecule has 2 aromatic rings. The summed E-state index contributed by atoms with van der Waals surface area (Å²) in [6, 6.07) is 7.55. The molecule has 0 aromatic carbocycles. The Morgan fingerprint density at radius 1 is 1.24 bits per heavy atom. The van der Waals surface area contributed by atoms with Gasteiger partial charge in [0.25, 0.3) is 0 Å². The number of carbonyl (C=O) groups is 2. The fourth-order valence-corrected chi connectivity index (χ4v) is 4.50. The van der Waals surface area contributed by atoms with Crippen molar-refractivity contribution in [2.75, 3.05) is 45.3 Å². The van der Waals surface area contributed by atoms with Crippen molar-refractivity contribution in [1.82, 2.24) is 20.2 Å². The van der Waals surface area contributed by atoms with Crippen LogP contribution in [0.4, 0.5) is 10.2 Å². The molecule has 11 heteroatoms. The highest BCUT2D eigenvalue weighted by Gasteiger charge is 2.22. The molecule has 0 radical (unpaired) electrons. The van der Waals surface area contributed by atoms with E-state index in [0.29, 0.717) is 25.3 Å². The molecule has 0 aliphatic carbocycles. The third-order valence-electron chi connectivity index (χ3n) is 6.62. The SMILES string of the molecule is CO[C@H](CF)CN(CCCCc1ccc2c(n1)NCCC2)CC[C@H](NC(=O)Cc1cccc(=O)[nH]1)C(=O)O. The zero-order valence-electron chi connectivity index (χ0n) is 21.9. The zero-order valence-corrected chi connectivity index (χ0v) is 21.9. The van der Waals surface area contributed by atoms with Gasteiger partial charge in [0.2, 0.25) is 11.5 Å². The van der Waals surface area contributed by atoms with Crippen LogP contribution in [-0.4, -0.2) is 84.0 Å². The van der Waals surface area contributed by atoms with E-state index in [-0.39, 0.29) is 18.4 Å². The number of unbranched alkanes of at least 4 members (excludes halogenated alkanes) is 1. The minimum atomic E-state index is -1.15. The lowest BCUT2D eigenvalue weighted by atomic mass is 10.1. The largest absolute Gasteiger partial charge is 0.480 e. The van der Waals surface area contributed by atoms with Gasteiger partial charge in [-0.1, -0.05) is 12.1 Å². The van der Waals surface area contributed by atoms with Crippen molar-refractivity contribution < 1.29 is 23.8 Å². The first-order valence-electron chi connectivity index (χ1n) is 13.1. The van der Waals surface area contributed by atoms with Crippen LogP contribution >= 0.6 is 0 Å². The second-order valence-corrected chi connectivity index (χ2v) is 9.57. The first-order chi connectivity index (χ1) is 18.4. The Morgan fingerprint density at radius 2 is 2.08 bits per heavy atom. The predicted octanol–water partition coefficient (Wildman–Crippen LogP) is 1.94. The van der Waals surface area contributed by atoms with Gasteiger partial charge in [0.1, 0.15) is 18.5 Å². The number of aromatic amines is 1. The van der Waals surface area contributed by atoms with Gasteiger partial charge in [0, 0.05) is 44.2 Å². The van der Waals surface area contributed by atoms with E-state index in [1.54, 1.807) is 6.07 Å². The van der Waals surface area contributed by atoms with Crippen LogP contribution in [0.5, 0.6) is 0 Å². The van der Waals surface area contributed by atoms with Crippen molar-refractivity contribution in [2.45, 2.75) is 57.1 Å². The first kappa shape index (κ1) is 29.2. The molecule has 3 rings (SSSR count). The Kier molecular flexibility index (Phi) is 11.7. The minimum absolute atomic E-state index is 0.135. The molecule has 4 N–H and O–H groups in total. The molecule has 0 saturated carbocycles. The molecule has 0 bridgehead atoms. The van der Waals surface area contributed by atoms with E-state index in [1.165, 1.54) is 24.8 Å². The monoisotopic (exact) mass is 531 g/mol. The maximum atomic E-state index is 13.4. The molecule has 208 valence electrons. The number of ether oxygens (including phenoxy) is 1. The number of aliphatic carboxylic acids is 1. The van der Waals surface area contributed by atoms with Gasteiger partial charge < -0.3 is 30.4 Å². The number of aromatic nitrogens is 2. The van der Waals surface area contributed by atoms with Crippen LogP contribution in [0.3, 0.4) is 0 Å². The van der Waals surface area contributed by atoms with Crippen LogP contribution in [0.15, 0.2) is 35.1 Å². The highest BCUT2D eigenvalue weighted by molar-refractivity contribution is 5.84. The normalized spacial score (nSPS) is 14.4. The lowest BCUT2D eigenvalue weighted by Crippen LogP contribution is -2.45. The zero-order chi connectivity index (χ0) is 27.3. The number of pyridine rings is 2. The van der Waals surface area contributed by atoms with Crippen molar-refractivity contribution in [2.24, 2.45) is 0 Å². The number of H-pyrrole nitrogens is 1. The lowest BCUT2D eigenvalue weighted by Gasteiger charge is -2.27. The fraction of sp³-hybridized carbons (Fsp3) is 0.556. The van der Waals surface area contributed by atoms with Crippen LogP contribution < -0.4 is 16.2 Å². The Morgan fingerprint density at radius 3 is 2.82 bits per heavy atom. The number of halogens is 1. The molecule has 38 heavy (non-hydrogen) atoms. The number of carboxylic acid groups (broad SMARTS) is 1. The van der Waals surface area contributed by atoms with Crippen molar-refractivity contribution in [3.8, 4) is 0 Å². The highest BCUT2D eigenvalue weighted by atomic mass is 19.1. The third-order valence-corrected chi connectivity index (χ3v) is 6.62. The summed E-state index contributed by atoms with van der Waals surface area (Å²) in [5.74, 6) is -0.682. The standard InChI is InChI=1S/C27H38FN5O5/c1-38-22(17-28)18-33(14-3-2-7-20-11-10-19-6-5-13-29-26(19)31-20)15-12-23(27(36)37)32-25(35)16-21-8-4-9-24(34)30-21/h4,8-11,22-23H,2-3,5-7,12-18H2,1H3,(H,29,31)(H,30,34)(H,32,35)(H,36,37)/t22-,23+/m1/s1. The van der Waals surface area contributed by atoms with Crippen molar-refractivity contribution in [3.05, 3.63) is 57.6 Å². The van der Waals surface area contributed by atoms with E-state index in [0.717, 1.165) is 50.2 Å². The molecular weight excluding hydrogens is 493 g/mol. The van der Waals surface area contributed by atoms with Gasteiger partial charge in [-0.3, -0.25) is 9.59 Å². The quantitative estimate of drug-likeness (QED) is 0.241. The number of carbonyl (C=O) groups excluding carboxylic acids is 1. The highest BCUT2D eigenvalue weighted by Crippen LogP contribution is 2.20. The van der Waals surface area contributed by atoms with Gasteiger partial charge in [0.15, 0.2) is 0 Å². The van der Waals surface area contributed by atoms with E-state index in [9.17, 15) is 23.9 Å². The van der Waals surface area contributed by atoms with Crippen molar-refractivity contribution in [1.29, 1.82) is 0 Å². The summed E-state index contributed by atoms with van der Waals surface area (Å²) in [7, 11) is 1.45. The molecule has 1 aliphatic rings. The van der Waals surface area contributed by atoms with Gasteiger partial charge in [-0.2, -0.15) is 0 Å². The molecule has 0 saturated heterocycles. The molecule has 2 aromatic heterocycles. The molecule has 2 atom stereocenters. The number of carboxylic acids is 1. The molecular formula is C27H38FN5O5. The maximum absolute atomic E-state index is 13.4. The maximum Gasteiger partial charge on any atom is 0.326 e. The number of alkyl halides is 1. The number of hydrogen-bond acceptors (Lipinski definition) is 7. The van der Waals surface area contributed by atoms with Gasteiger partial charge in [0.05, 0.1) is 12.5 Å². The van der Waals surface area contributed by atoms with Crippen LogP contribution in [-0.2, 0) is 33.6 Å². The second kappa shape index (κ2) is 15.2. The average Bonchev–Trinajstić information content (AvgIpc) is 2.91. The minimum Gasteiger partial charge on any atom is -0.480 e. The van der Waals surface area contributed by atoms with E-state index >= 15 is 0 Å². The lowest BCUT2D eigenvalue weighted by molar-refractivity contribution is -0.142. The summed E-state index contributed by atoms with van der Waals surface area (Å²) in [6.45, 7) is 1.60. The number of nitrogens with zero attached hydrogens (tertiary/aromatic N) is 2. The topological polar surface area (TPSA) is 137 Å². The third kappa shape index (κ3) is 9.53. The Bertz CT molecular complexity index is 1110. The molecule has 3 heterocycles. The smallest absolute Gasteiger partial charge is 0.326 e. The van der Waals surface area contributed by atoms with E-state index in [2.05, 4.69) is 27.8 Å². The average molecular weight is 532 g/mol. The van der Waals surface area contributed by atoms with Crippen LogP contribution in [0.2, 0.25) is 0 Å². The first-order valence-corrected chi connectivity index (χ1v) is 13.1. The Labute approximate surface area is 222 Å². The Hall–Kier alpha value is -3.31. The molecule has 0 unspecified atom stereocenters. The summed E-state index contributed by atoms with van der Waals surface area (Å²) >= 11 is 0. The van der Waals surface area contributed by atoms with Crippen molar-refractivity contribution >= 4 is 17.7 Å². The van der Waals surface area contributed by atoms with Gasteiger partial charge >= 0.3 is 5.97 Å². The van der Waals surface area contributed by atoms with Gasteiger partial charge in [-0.15, -0.1) is 0 Å². The van der Waals surface area contributed by atoms with Crippen LogP contribution in [0.1, 0.15) is 42.6 Å². The van der Waals surface area contributed by atoms with E-state index in [4.69, 9.17) is 9.72 Å². The number of nitrogens with one attached hydrogen (secondary N) is 3. The number of hydrogen-bond donors (Lipinski definition) is 4. The fourth-order valence-electron chi connectivity index (χ4n) is 4.50. The summed E-state index contributed by atoms with van der Waals surface area (Å²) in [4.78, 5) is 44.9. The summed E-state index contributed by atoms with van der Waals surface area (Å²) in [5, 5.41) is 15.5. The molecule has 0 fully saturated rings. The van der Waals surface area contributed by atoms with Crippen LogP contribution in [0, 0.1) is 0 Å². The molecule has 0 spiro atoms. The summed E-state index contributed by atoms with van der Waals surface area (Å²) < 4.78 is 18.6. The van der Waals surface area contributed by atoms with Gasteiger partial charge in [-0.05, 0) is 62.8 Å². The number of amides is 1. The van der Waals surface area contributed by atoms with Crippen LogP contribution in [0.25, 0.3) is 0 Å². The number of fused-ring (bicyclic) bond motifs is 1. The number of anilines is 1. The van der Waals surface area contributed by atoms with E-state index < -0.39 is 30.7 Å². The van der Waals surface area contributed by atoms with Crippen molar-refractivity contribution in [3.63, 3.8) is 0 Å². The number of rotatable bonds is 16. The predicted molar refractivity (Wildman–Crippen MR) is 142 cm³/mol. The van der Waals surface area contributed by atoms with E-state index in [1.807, 2.05) is 4.90 Å². The Balaban J connectivity index is 1.51. The number of aryl methyl sites for hydroxylation is 2. The summed E-state index contributed by atoms with van der Waals surface area (Å²) in [6.07, 6.45) is 4.07. The van der Waals surface area contributed by atoms with Gasteiger partial charge in [-0.25, -0.2) is 14.2 Å². The molecule has 1 aliphatic heterocycles. The molecule has 10 nitrogen and oxygen atoms in total. The molecule has 1 amide bonds. The summed E-state index contributed by atoms with van der Waals surface area (Å²) in [5.41, 5.74) is 2.34. The number of methoxy groups -OCH3 is 1.